The van der Waals surface area contributed by atoms with Crippen LogP contribution >= 0.6 is 0 Å². The summed E-state index contributed by atoms with van der Waals surface area (Å²) in [5.74, 6) is -2.89. The van der Waals surface area contributed by atoms with Crippen molar-refractivity contribution < 1.29 is 37.3 Å². The highest BCUT2D eigenvalue weighted by molar-refractivity contribution is 5.83. The Hall–Kier alpha value is -2.09. The summed E-state index contributed by atoms with van der Waals surface area (Å²) in [4.78, 5) is 24.0. The van der Waals surface area contributed by atoms with E-state index in [2.05, 4.69) is 6.92 Å². The summed E-state index contributed by atoms with van der Waals surface area (Å²) in [6.45, 7) is 2.20. The van der Waals surface area contributed by atoms with Crippen molar-refractivity contribution in [3.8, 4) is 0 Å². The van der Waals surface area contributed by atoms with Gasteiger partial charge in [0.05, 0.1) is 6.42 Å². The Bertz CT molecular complexity index is 723. The lowest BCUT2D eigenvalue weighted by Crippen LogP contribution is -2.52. The molecule has 0 bridgehead atoms. The molecule has 1 aromatic carbocycles. The zero-order valence-electron chi connectivity index (χ0n) is 21.1. The molecular formula is C27H41F3O5. The Morgan fingerprint density at radius 1 is 0.857 bits per heavy atom. The minimum absolute atomic E-state index is 0.182. The Balaban J connectivity index is 2.57. The molecule has 200 valence electrons. The zero-order chi connectivity index (χ0) is 26.2. The van der Waals surface area contributed by atoms with E-state index >= 15 is 0 Å². The molecule has 35 heavy (non-hydrogen) atoms. The van der Waals surface area contributed by atoms with Crippen LogP contribution in [0.1, 0.15) is 102 Å². The van der Waals surface area contributed by atoms with Gasteiger partial charge in [-0.1, -0.05) is 108 Å². The van der Waals surface area contributed by atoms with Gasteiger partial charge in [0.15, 0.2) is 0 Å². The highest BCUT2D eigenvalue weighted by atomic mass is 19.4. The largest absolute Gasteiger partial charge is 0.481 e. The number of benzene rings is 1. The Kier molecular flexibility index (Phi) is 14.6. The van der Waals surface area contributed by atoms with Gasteiger partial charge in [0.25, 0.3) is 5.60 Å². The molecular weight excluding hydrogens is 461 g/mol. The minimum atomic E-state index is -5.09. The Labute approximate surface area is 207 Å². The lowest BCUT2D eigenvalue weighted by atomic mass is 9.92. The molecule has 0 aromatic heterocycles. The first kappa shape index (κ1) is 30.9. The average Bonchev–Trinajstić information content (AvgIpc) is 2.80. The number of carbonyl (C=O) groups excluding carboxylic acids is 1. The molecule has 1 rings (SSSR count). The highest BCUT2D eigenvalue weighted by Gasteiger charge is 2.64. The van der Waals surface area contributed by atoms with Gasteiger partial charge in [-0.25, -0.2) is 4.79 Å². The summed E-state index contributed by atoms with van der Waals surface area (Å²) >= 11 is 0. The lowest BCUT2D eigenvalue weighted by Gasteiger charge is -2.33. The molecule has 5 nitrogen and oxygen atoms in total. The standard InChI is InChI=1S/C27H41F3O5/c1-3-4-5-6-7-8-9-10-11-12-13-17-20-23(21-24(31)32)35-25(33)26(34-2,27(28,29)30)22-18-15-14-16-19-22/h14-16,18-19,23H,3-13,17,20-21H2,1-2H3,(H,31,32)/t23-,26-/m1/s1. The second-order valence-corrected chi connectivity index (χ2v) is 9.05. The maximum absolute atomic E-state index is 14.0. The van der Waals surface area contributed by atoms with E-state index in [0.29, 0.717) is 6.42 Å². The van der Waals surface area contributed by atoms with Crippen LogP contribution in [-0.2, 0) is 24.7 Å². The molecule has 0 unspecified atom stereocenters. The number of hydrogen-bond acceptors (Lipinski definition) is 4. The fourth-order valence-electron chi connectivity index (χ4n) is 4.23. The molecule has 0 aliphatic heterocycles. The molecule has 0 spiro atoms. The molecule has 0 saturated carbocycles. The number of hydrogen-bond donors (Lipinski definition) is 1. The van der Waals surface area contributed by atoms with Crippen molar-refractivity contribution in [2.45, 2.75) is 115 Å². The first-order valence-corrected chi connectivity index (χ1v) is 12.8. The van der Waals surface area contributed by atoms with Crippen LogP contribution in [-0.4, -0.2) is 36.4 Å². The number of ether oxygens (including phenoxy) is 2. The third-order valence-corrected chi connectivity index (χ3v) is 6.23. The van der Waals surface area contributed by atoms with Crippen LogP contribution in [0.2, 0.25) is 0 Å². The van der Waals surface area contributed by atoms with Gasteiger partial charge in [0.2, 0.25) is 0 Å². The van der Waals surface area contributed by atoms with Crippen molar-refractivity contribution >= 4 is 11.9 Å². The fourth-order valence-corrected chi connectivity index (χ4v) is 4.23. The van der Waals surface area contributed by atoms with E-state index in [4.69, 9.17) is 9.47 Å². The maximum atomic E-state index is 14.0. The number of carboxylic acid groups (broad SMARTS) is 1. The second-order valence-electron chi connectivity index (χ2n) is 9.05. The summed E-state index contributed by atoms with van der Waals surface area (Å²) in [6, 6.07) is 6.52. The van der Waals surface area contributed by atoms with E-state index < -0.39 is 41.8 Å². The average molecular weight is 503 g/mol. The smallest absolute Gasteiger partial charge is 0.432 e. The first-order chi connectivity index (χ1) is 16.7. The third kappa shape index (κ3) is 10.6. The van der Waals surface area contributed by atoms with Crippen LogP contribution in [0.15, 0.2) is 30.3 Å². The van der Waals surface area contributed by atoms with Gasteiger partial charge < -0.3 is 14.6 Å². The molecule has 8 heteroatoms. The predicted octanol–water partition coefficient (Wildman–Crippen LogP) is 7.57. The number of carbonyl (C=O) groups is 2. The number of unbranched alkanes of at least 4 members (excludes halogenated alkanes) is 11. The van der Waals surface area contributed by atoms with Crippen molar-refractivity contribution in [1.29, 1.82) is 0 Å². The van der Waals surface area contributed by atoms with Gasteiger partial charge in [-0.3, -0.25) is 4.79 Å². The molecule has 0 amide bonds. The summed E-state index contributed by atoms with van der Waals surface area (Å²) in [6.07, 6.45) is 6.74. The molecule has 1 N–H and O–H groups in total. The lowest BCUT2D eigenvalue weighted by molar-refractivity contribution is -0.278. The summed E-state index contributed by atoms with van der Waals surface area (Å²) in [7, 11) is 0.791. The van der Waals surface area contributed by atoms with Crippen molar-refractivity contribution in [2.24, 2.45) is 0 Å². The summed E-state index contributed by atoms with van der Waals surface area (Å²) < 4.78 is 52.0. The van der Waals surface area contributed by atoms with Crippen molar-refractivity contribution in [1.82, 2.24) is 0 Å². The van der Waals surface area contributed by atoms with Crippen molar-refractivity contribution in [3.63, 3.8) is 0 Å². The topological polar surface area (TPSA) is 72.8 Å². The van der Waals surface area contributed by atoms with Gasteiger partial charge in [-0.15, -0.1) is 0 Å². The van der Waals surface area contributed by atoms with Gasteiger partial charge in [-0.2, -0.15) is 13.2 Å². The number of alkyl halides is 3. The van der Waals surface area contributed by atoms with Gasteiger partial charge in [-0.05, 0) is 12.8 Å². The Morgan fingerprint density at radius 2 is 1.34 bits per heavy atom. The van der Waals surface area contributed by atoms with E-state index in [1.54, 1.807) is 0 Å². The van der Waals surface area contributed by atoms with Crippen molar-refractivity contribution in [3.05, 3.63) is 35.9 Å². The first-order valence-electron chi connectivity index (χ1n) is 12.8. The van der Waals surface area contributed by atoms with Crippen LogP contribution < -0.4 is 0 Å². The molecule has 2 atom stereocenters. The molecule has 0 fully saturated rings. The SMILES string of the molecule is CCCCCCCCCCCCCC[C@H](CC(=O)O)OC(=O)[C@](OC)(c1ccccc1)C(F)(F)F. The van der Waals surface area contributed by atoms with Crippen LogP contribution in [0.25, 0.3) is 0 Å². The zero-order valence-corrected chi connectivity index (χ0v) is 21.1. The number of carboxylic acids is 1. The fraction of sp³-hybridized carbons (Fsp3) is 0.704. The molecule has 1 aromatic rings. The molecule has 0 saturated heterocycles. The monoisotopic (exact) mass is 502 g/mol. The molecule has 0 heterocycles. The van der Waals surface area contributed by atoms with Crippen LogP contribution in [0, 0.1) is 0 Å². The predicted molar refractivity (Wildman–Crippen MR) is 129 cm³/mol. The number of aliphatic carboxylic acids is 1. The minimum Gasteiger partial charge on any atom is -0.481 e. The Morgan fingerprint density at radius 3 is 1.77 bits per heavy atom. The van der Waals surface area contributed by atoms with Gasteiger partial charge in [0.1, 0.15) is 6.10 Å². The number of rotatable bonds is 19. The maximum Gasteiger partial charge on any atom is 0.432 e. The van der Waals surface area contributed by atoms with Gasteiger partial charge >= 0.3 is 18.1 Å². The van der Waals surface area contributed by atoms with Crippen LogP contribution in [0.4, 0.5) is 13.2 Å². The van der Waals surface area contributed by atoms with Crippen LogP contribution in [0.5, 0.6) is 0 Å². The van der Waals surface area contributed by atoms with Crippen molar-refractivity contribution in [2.75, 3.05) is 7.11 Å². The molecule has 0 aliphatic carbocycles. The number of halogens is 3. The van der Waals surface area contributed by atoms with Gasteiger partial charge in [0, 0.05) is 12.7 Å². The van der Waals surface area contributed by atoms with Crippen LogP contribution in [0.3, 0.4) is 0 Å². The van der Waals surface area contributed by atoms with E-state index in [0.717, 1.165) is 44.9 Å². The van der Waals surface area contributed by atoms with E-state index in [1.807, 2.05) is 0 Å². The summed E-state index contributed by atoms with van der Waals surface area (Å²) in [5, 5.41) is 9.18. The highest BCUT2D eigenvalue weighted by Crippen LogP contribution is 2.43. The van der Waals surface area contributed by atoms with E-state index in [-0.39, 0.29) is 6.42 Å². The quantitative estimate of drug-likeness (QED) is 0.156. The molecule has 0 radical (unpaired) electrons. The van der Waals surface area contributed by atoms with E-state index in [9.17, 15) is 27.9 Å². The summed E-state index contributed by atoms with van der Waals surface area (Å²) in [5.41, 5.74) is -3.74. The molecule has 0 aliphatic rings. The second kappa shape index (κ2) is 16.6. The van der Waals surface area contributed by atoms with E-state index in [1.165, 1.54) is 63.1 Å². The third-order valence-electron chi connectivity index (χ3n) is 6.23. The normalized spacial score (nSPS) is 14.3. The number of methoxy groups -OCH3 is 1. The number of esters is 1.